The zero-order valence-electron chi connectivity index (χ0n) is 11.4. The number of anilines is 2. The molecular weight excluding hydrogens is 306 g/mol. The Morgan fingerprint density at radius 1 is 1.27 bits per heavy atom. The second kappa shape index (κ2) is 5.98. The monoisotopic (exact) mass is 317 g/mol. The van der Waals surface area contributed by atoms with E-state index in [0.717, 1.165) is 0 Å². The van der Waals surface area contributed by atoms with Crippen molar-refractivity contribution in [2.45, 2.75) is 6.54 Å². The Kier molecular flexibility index (Phi) is 3.88. The van der Waals surface area contributed by atoms with Crippen LogP contribution < -0.4 is 5.32 Å². The summed E-state index contributed by atoms with van der Waals surface area (Å²) in [7, 11) is 0. The van der Waals surface area contributed by atoms with Crippen LogP contribution in [-0.2, 0) is 6.54 Å². The fourth-order valence-electron chi connectivity index (χ4n) is 2.13. The molecule has 0 radical (unpaired) electrons. The molecule has 0 saturated carbocycles. The number of aromatic nitrogens is 4. The molecule has 1 aromatic carbocycles. The maximum Gasteiger partial charge on any atom is 0.337 e. The van der Waals surface area contributed by atoms with Gasteiger partial charge in [-0.3, -0.25) is 0 Å². The normalized spacial score (nSPS) is 10.8. The van der Waals surface area contributed by atoms with Crippen LogP contribution in [0.1, 0.15) is 10.4 Å². The van der Waals surface area contributed by atoms with Gasteiger partial charge in [0.25, 0.3) is 0 Å². The second-order valence-corrected chi connectivity index (χ2v) is 4.88. The highest BCUT2D eigenvalue weighted by Gasteiger charge is 2.13. The predicted molar refractivity (Wildman–Crippen MR) is 82.7 cm³/mol. The van der Waals surface area contributed by atoms with E-state index in [2.05, 4.69) is 20.3 Å². The van der Waals surface area contributed by atoms with Gasteiger partial charge in [0.15, 0.2) is 17.0 Å². The lowest BCUT2D eigenvalue weighted by atomic mass is 10.2. The first-order valence-electron chi connectivity index (χ1n) is 6.52. The molecule has 0 fully saturated rings. The summed E-state index contributed by atoms with van der Waals surface area (Å²) in [5, 5.41) is 12.2. The van der Waals surface area contributed by atoms with E-state index in [1.54, 1.807) is 24.5 Å². The van der Waals surface area contributed by atoms with Gasteiger partial charge in [-0.1, -0.05) is 12.1 Å². The number of aromatic carboxylic acids is 1. The van der Waals surface area contributed by atoms with Gasteiger partial charge in [-0.05, 0) is 12.1 Å². The van der Waals surface area contributed by atoms with Crippen molar-refractivity contribution >= 4 is 40.2 Å². The third-order valence-corrected chi connectivity index (χ3v) is 3.31. The van der Waals surface area contributed by atoms with E-state index in [1.165, 1.54) is 12.4 Å². The van der Waals surface area contributed by atoms with Crippen molar-refractivity contribution in [3.05, 3.63) is 42.5 Å². The highest BCUT2D eigenvalue weighted by Crippen LogP contribution is 2.24. The smallest absolute Gasteiger partial charge is 0.337 e. The Balaban J connectivity index is 2.03. The molecule has 0 atom stereocenters. The van der Waals surface area contributed by atoms with Crippen LogP contribution >= 0.6 is 11.6 Å². The molecule has 2 N–H and O–H groups in total. The minimum Gasteiger partial charge on any atom is -0.478 e. The van der Waals surface area contributed by atoms with Gasteiger partial charge in [-0.2, -0.15) is 0 Å². The molecule has 3 rings (SSSR count). The molecule has 0 unspecified atom stereocenters. The molecule has 7 nitrogen and oxygen atoms in total. The number of carbonyl (C=O) groups is 1. The molecule has 0 saturated heterocycles. The van der Waals surface area contributed by atoms with E-state index in [-0.39, 0.29) is 5.56 Å². The molecule has 0 spiro atoms. The number of halogens is 1. The maximum absolute atomic E-state index is 11.3. The SMILES string of the molecule is O=C(O)c1ccccc1Nc1ncnc2c1ncn2CCCl. The molecule has 0 aliphatic rings. The van der Waals surface area contributed by atoms with Crippen molar-refractivity contribution in [2.75, 3.05) is 11.2 Å². The summed E-state index contributed by atoms with van der Waals surface area (Å²) in [5.74, 6) is -0.117. The average Bonchev–Trinajstić information content (AvgIpc) is 2.92. The summed E-state index contributed by atoms with van der Waals surface area (Å²) in [4.78, 5) is 23.9. The molecule has 22 heavy (non-hydrogen) atoms. The number of alkyl halides is 1. The molecule has 8 heteroatoms. The molecule has 0 bridgehead atoms. The van der Waals surface area contributed by atoms with Crippen LogP contribution in [0.15, 0.2) is 36.9 Å². The minimum absolute atomic E-state index is 0.162. The van der Waals surface area contributed by atoms with Gasteiger partial charge in [0.05, 0.1) is 17.6 Å². The number of fused-ring (bicyclic) bond motifs is 1. The Bertz CT molecular complexity index is 833. The van der Waals surface area contributed by atoms with Crippen molar-refractivity contribution in [1.29, 1.82) is 0 Å². The molecule has 0 aliphatic heterocycles. The third-order valence-electron chi connectivity index (χ3n) is 3.14. The molecule has 112 valence electrons. The molecule has 0 aliphatic carbocycles. The van der Waals surface area contributed by atoms with Crippen LogP contribution in [0.25, 0.3) is 11.2 Å². The van der Waals surface area contributed by atoms with E-state index in [0.29, 0.717) is 35.1 Å². The number of para-hydroxylation sites is 1. The van der Waals surface area contributed by atoms with Gasteiger partial charge in [-0.25, -0.2) is 19.7 Å². The number of imidazole rings is 1. The number of nitrogens with zero attached hydrogens (tertiary/aromatic N) is 4. The number of rotatable bonds is 5. The van der Waals surface area contributed by atoms with Gasteiger partial charge in [0, 0.05) is 12.4 Å². The maximum atomic E-state index is 11.3. The van der Waals surface area contributed by atoms with Gasteiger partial charge >= 0.3 is 5.97 Å². The number of aryl methyl sites for hydroxylation is 1. The zero-order valence-corrected chi connectivity index (χ0v) is 12.2. The Labute approximate surface area is 130 Å². The van der Waals surface area contributed by atoms with Gasteiger partial charge in [0.2, 0.25) is 0 Å². The van der Waals surface area contributed by atoms with Gasteiger partial charge in [0.1, 0.15) is 6.33 Å². The third kappa shape index (κ3) is 2.58. The highest BCUT2D eigenvalue weighted by atomic mass is 35.5. The molecular formula is C14H12ClN5O2. The van der Waals surface area contributed by atoms with Crippen molar-refractivity contribution < 1.29 is 9.90 Å². The number of carboxylic acid groups (broad SMARTS) is 1. The predicted octanol–water partition coefficient (Wildman–Crippen LogP) is 2.51. The number of nitrogens with one attached hydrogen (secondary N) is 1. The van der Waals surface area contributed by atoms with Crippen LogP contribution in [-0.4, -0.2) is 36.5 Å². The van der Waals surface area contributed by atoms with E-state index in [9.17, 15) is 9.90 Å². The summed E-state index contributed by atoms with van der Waals surface area (Å²) in [6, 6.07) is 6.61. The molecule has 2 heterocycles. The number of carboxylic acids is 1. The molecule has 3 aromatic rings. The fraction of sp³-hybridized carbons (Fsp3) is 0.143. The van der Waals surface area contributed by atoms with Crippen LogP contribution in [0, 0.1) is 0 Å². The van der Waals surface area contributed by atoms with Gasteiger partial charge < -0.3 is 15.0 Å². The summed E-state index contributed by atoms with van der Waals surface area (Å²) in [6.45, 7) is 0.584. The Morgan fingerprint density at radius 2 is 2.09 bits per heavy atom. The lowest BCUT2D eigenvalue weighted by Crippen LogP contribution is -2.04. The fourth-order valence-corrected chi connectivity index (χ4v) is 2.32. The lowest BCUT2D eigenvalue weighted by molar-refractivity contribution is 0.0698. The highest BCUT2D eigenvalue weighted by molar-refractivity contribution is 6.17. The standard InChI is InChI=1S/C14H12ClN5O2/c15-5-6-20-8-18-11-12(16-7-17-13(11)20)19-10-4-2-1-3-9(10)14(21)22/h1-4,7-8H,5-6H2,(H,21,22)(H,16,17,19). The topological polar surface area (TPSA) is 92.9 Å². The average molecular weight is 318 g/mol. The van der Waals surface area contributed by atoms with Gasteiger partial charge in [-0.15, -0.1) is 11.6 Å². The van der Waals surface area contributed by atoms with Crippen molar-refractivity contribution in [2.24, 2.45) is 0 Å². The summed E-state index contributed by atoms with van der Waals surface area (Å²) < 4.78 is 1.82. The first-order valence-corrected chi connectivity index (χ1v) is 7.05. The zero-order chi connectivity index (χ0) is 15.5. The first kappa shape index (κ1) is 14.3. The van der Waals surface area contributed by atoms with E-state index in [4.69, 9.17) is 11.6 Å². The van der Waals surface area contributed by atoms with Crippen molar-refractivity contribution in [3.63, 3.8) is 0 Å². The second-order valence-electron chi connectivity index (χ2n) is 4.50. The van der Waals surface area contributed by atoms with E-state index in [1.807, 2.05) is 4.57 Å². The Hall–Kier alpha value is -2.67. The first-order chi connectivity index (χ1) is 10.7. The Morgan fingerprint density at radius 3 is 2.86 bits per heavy atom. The minimum atomic E-state index is -1.01. The number of hydrogen-bond acceptors (Lipinski definition) is 5. The van der Waals surface area contributed by atoms with Crippen LogP contribution in [0.4, 0.5) is 11.5 Å². The summed E-state index contributed by atoms with van der Waals surface area (Å²) >= 11 is 5.75. The number of benzene rings is 1. The molecule has 0 amide bonds. The summed E-state index contributed by atoms with van der Waals surface area (Å²) in [5.41, 5.74) is 1.81. The number of hydrogen-bond donors (Lipinski definition) is 2. The molecule has 2 aromatic heterocycles. The summed E-state index contributed by atoms with van der Waals surface area (Å²) in [6.07, 6.45) is 3.04. The quantitative estimate of drug-likeness (QED) is 0.702. The van der Waals surface area contributed by atoms with Crippen molar-refractivity contribution in [1.82, 2.24) is 19.5 Å². The van der Waals surface area contributed by atoms with Crippen LogP contribution in [0.5, 0.6) is 0 Å². The van der Waals surface area contributed by atoms with Crippen molar-refractivity contribution in [3.8, 4) is 0 Å². The largest absolute Gasteiger partial charge is 0.478 e. The van der Waals surface area contributed by atoms with Crippen LogP contribution in [0.3, 0.4) is 0 Å². The van der Waals surface area contributed by atoms with E-state index < -0.39 is 5.97 Å². The van der Waals surface area contributed by atoms with Crippen LogP contribution in [0.2, 0.25) is 0 Å². The van der Waals surface area contributed by atoms with E-state index >= 15 is 0 Å². The lowest BCUT2D eigenvalue weighted by Gasteiger charge is -2.09.